The van der Waals surface area contributed by atoms with Crippen LogP contribution in [-0.4, -0.2) is 73.5 Å². The molecule has 0 radical (unpaired) electrons. The van der Waals surface area contributed by atoms with Crippen LogP contribution >= 0.6 is 0 Å². The van der Waals surface area contributed by atoms with Crippen LogP contribution in [0.4, 0.5) is 11.4 Å². The number of unbranched alkanes of at least 4 members (excludes halogenated alkanes) is 2. The number of anilines is 2. The maximum absolute atomic E-state index is 13.4. The molecule has 0 saturated heterocycles. The lowest BCUT2D eigenvalue weighted by Crippen LogP contribution is -2.41. The first kappa shape index (κ1) is 36.0. The van der Waals surface area contributed by atoms with Gasteiger partial charge in [-0.15, -0.1) is 0 Å². The molecule has 0 heterocycles. The van der Waals surface area contributed by atoms with Crippen molar-refractivity contribution in [2.45, 2.75) is 63.5 Å². The molecule has 0 aliphatic heterocycles. The fourth-order valence-electron chi connectivity index (χ4n) is 4.89. The zero-order chi connectivity index (χ0) is 33.6. The van der Waals surface area contributed by atoms with E-state index in [1.807, 2.05) is 0 Å². The molecule has 1 aliphatic rings. The molecule has 4 amide bonds. The minimum absolute atomic E-state index is 0.0254. The number of hydrogen-bond donors (Lipinski definition) is 8. The molecule has 0 spiro atoms. The van der Waals surface area contributed by atoms with Crippen molar-refractivity contribution in [3.8, 4) is 0 Å². The Labute approximate surface area is 267 Å². The van der Waals surface area contributed by atoms with Crippen molar-refractivity contribution in [1.82, 2.24) is 10.6 Å². The molecule has 0 unspecified atom stereocenters. The molecule has 0 saturated carbocycles. The minimum Gasteiger partial charge on any atom is -0.354 e. The van der Waals surface area contributed by atoms with E-state index < -0.39 is 29.7 Å². The molecule has 46 heavy (non-hydrogen) atoms. The van der Waals surface area contributed by atoms with Crippen LogP contribution in [0.1, 0.15) is 83.2 Å². The number of ketones is 2. The van der Waals surface area contributed by atoms with Gasteiger partial charge in [-0.1, -0.05) is 12.8 Å². The Morgan fingerprint density at radius 1 is 0.587 bits per heavy atom. The van der Waals surface area contributed by atoms with Crippen LogP contribution in [-0.2, 0) is 19.2 Å². The molecule has 248 valence electrons. The van der Waals surface area contributed by atoms with E-state index in [4.69, 9.17) is 22.9 Å². The van der Waals surface area contributed by atoms with E-state index in [0.717, 1.165) is 25.7 Å². The van der Waals surface area contributed by atoms with Crippen molar-refractivity contribution in [2.75, 3.05) is 36.8 Å². The monoisotopic (exact) mass is 636 g/mol. The second-order valence-corrected chi connectivity index (χ2v) is 11.1. The largest absolute Gasteiger partial charge is 0.354 e. The highest BCUT2D eigenvalue weighted by Crippen LogP contribution is 2.31. The summed E-state index contributed by atoms with van der Waals surface area (Å²) in [6.45, 7) is 1.21. The van der Waals surface area contributed by atoms with Crippen molar-refractivity contribution in [3.05, 3.63) is 58.7 Å². The summed E-state index contributed by atoms with van der Waals surface area (Å²) >= 11 is 0. The fourth-order valence-corrected chi connectivity index (χ4v) is 4.89. The van der Waals surface area contributed by atoms with Gasteiger partial charge in [0.25, 0.3) is 0 Å². The Bertz CT molecular complexity index is 1340. The Balaban J connectivity index is 1.55. The molecule has 0 fully saturated rings. The van der Waals surface area contributed by atoms with Crippen LogP contribution in [0.3, 0.4) is 0 Å². The summed E-state index contributed by atoms with van der Waals surface area (Å²) in [6, 6.07) is 7.51. The van der Waals surface area contributed by atoms with Crippen molar-refractivity contribution < 1.29 is 28.8 Å². The summed E-state index contributed by atoms with van der Waals surface area (Å²) < 4.78 is 0. The third-order valence-electron chi connectivity index (χ3n) is 7.50. The molecule has 0 aromatic heterocycles. The normalized spacial score (nSPS) is 13.2. The van der Waals surface area contributed by atoms with Gasteiger partial charge in [-0.3, -0.25) is 28.8 Å². The number of carbonyl (C=O) groups excluding carboxylic acids is 6. The van der Waals surface area contributed by atoms with E-state index in [2.05, 4.69) is 21.3 Å². The predicted octanol–water partition coefficient (Wildman–Crippen LogP) is 0.264. The van der Waals surface area contributed by atoms with Crippen LogP contribution in [0.25, 0.3) is 0 Å². The Hall–Kier alpha value is -4.50. The predicted molar refractivity (Wildman–Crippen MR) is 174 cm³/mol. The average molecular weight is 637 g/mol. The highest BCUT2D eigenvalue weighted by Gasteiger charge is 2.30. The third-order valence-corrected chi connectivity index (χ3v) is 7.50. The molecule has 3 rings (SSSR count). The van der Waals surface area contributed by atoms with E-state index in [1.54, 1.807) is 0 Å². The second kappa shape index (κ2) is 17.8. The zero-order valence-electron chi connectivity index (χ0n) is 25.9. The lowest BCUT2D eigenvalue weighted by molar-refractivity contribution is -0.123. The fraction of sp³-hybridized carbons (Fsp3) is 0.438. The van der Waals surface area contributed by atoms with E-state index in [1.165, 1.54) is 36.4 Å². The van der Waals surface area contributed by atoms with Crippen LogP contribution in [0.5, 0.6) is 0 Å². The van der Waals surface area contributed by atoms with Crippen molar-refractivity contribution in [1.29, 1.82) is 0 Å². The lowest BCUT2D eigenvalue weighted by atomic mass is 9.83. The maximum atomic E-state index is 13.4. The summed E-state index contributed by atoms with van der Waals surface area (Å²) in [7, 11) is 0. The van der Waals surface area contributed by atoms with Crippen LogP contribution < -0.4 is 44.2 Å². The number of amides is 4. The van der Waals surface area contributed by atoms with Gasteiger partial charge < -0.3 is 44.2 Å². The standard InChI is InChI=1S/C32H44N8O6/c33-13-3-1-5-25(35)31(45)37-15-11-27(41)39-19-7-9-21-23(17-19)30(44)24-18-20(8-10-22(24)29(21)43)40-28(42)12-16-38-32(46)26(36)6-2-4-14-34/h7-10,17-18,25-26H,1-6,11-16,33-36H2,(H,37,45)(H,38,46)(H,39,41)(H,40,42)/t25-,26-/m0/s1. The van der Waals surface area contributed by atoms with Crippen molar-refractivity contribution in [3.63, 3.8) is 0 Å². The van der Waals surface area contributed by atoms with Crippen molar-refractivity contribution in [2.24, 2.45) is 22.9 Å². The first-order valence-electron chi connectivity index (χ1n) is 15.5. The van der Waals surface area contributed by atoms with Gasteiger partial charge >= 0.3 is 0 Å². The number of hydrogen-bond acceptors (Lipinski definition) is 10. The van der Waals surface area contributed by atoms with Gasteiger partial charge in [0.05, 0.1) is 12.1 Å². The minimum atomic E-state index is -0.677. The SMILES string of the molecule is NCCCC[C@H](N)C(=O)NCCC(=O)Nc1ccc2c(c1)C(=O)c1cc(NC(=O)CCNC(=O)[C@@H](N)CCCCN)ccc1C2=O. The molecule has 0 bridgehead atoms. The number of rotatable bonds is 18. The van der Waals surface area contributed by atoms with Crippen molar-refractivity contribution >= 4 is 46.6 Å². The van der Waals surface area contributed by atoms with Gasteiger partial charge in [-0.05, 0) is 75.2 Å². The first-order chi connectivity index (χ1) is 22.0. The number of fused-ring (bicyclic) bond motifs is 2. The highest BCUT2D eigenvalue weighted by atomic mass is 16.2. The van der Waals surface area contributed by atoms with Gasteiger partial charge in [-0.2, -0.15) is 0 Å². The van der Waals surface area contributed by atoms with Crippen LogP contribution in [0, 0.1) is 0 Å². The Kier molecular flexibility index (Phi) is 14.0. The second-order valence-electron chi connectivity index (χ2n) is 11.1. The molecule has 2 atom stereocenters. The van der Waals surface area contributed by atoms with Gasteiger partial charge in [0, 0.05) is 59.6 Å². The smallest absolute Gasteiger partial charge is 0.236 e. The Morgan fingerprint density at radius 2 is 0.978 bits per heavy atom. The van der Waals surface area contributed by atoms with Gasteiger partial charge in [-0.25, -0.2) is 0 Å². The summed E-state index contributed by atoms with van der Waals surface area (Å²) in [5, 5.41) is 10.6. The maximum Gasteiger partial charge on any atom is 0.236 e. The molecule has 2 aromatic carbocycles. The Morgan fingerprint density at radius 3 is 1.37 bits per heavy atom. The molecule has 12 N–H and O–H groups in total. The molecule has 2 aromatic rings. The topological polar surface area (TPSA) is 255 Å². The lowest BCUT2D eigenvalue weighted by Gasteiger charge is -2.19. The highest BCUT2D eigenvalue weighted by molar-refractivity contribution is 6.29. The molecular formula is C32H44N8O6. The van der Waals surface area contributed by atoms with Gasteiger partial charge in [0.15, 0.2) is 11.6 Å². The summed E-state index contributed by atoms with van der Waals surface area (Å²) in [5.74, 6) is -2.31. The first-order valence-corrected chi connectivity index (χ1v) is 15.5. The van der Waals surface area contributed by atoms with E-state index in [9.17, 15) is 28.8 Å². The van der Waals surface area contributed by atoms with Crippen LogP contribution in [0.2, 0.25) is 0 Å². The number of nitrogens with two attached hydrogens (primary N) is 4. The van der Waals surface area contributed by atoms with Gasteiger partial charge in [0.2, 0.25) is 23.6 Å². The number of carbonyl (C=O) groups is 6. The zero-order valence-corrected chi connectivity index (χ0v) is 25.9. The summed E-state index contributed by atoms with van der Waals surface area (Å²) in [6.07, 6.45) is 3.97. The number of benzene rings is 2. The average Bonchev–Trinajstić information content (AvgIpc) is 3.03. The molecular weight excluding hydrogens is 592 g/mol. The van der Waals surface area contributed by atoms with E-state index >= 15 is 0 Å². The molecule has 1 aliphatic carbocycles. The molecule has 14 nitrogen and oxygen atoms in total. The summed E-state index contributed by atoms with van der Waals surface area (Å²) in [4.78, 5) is 75.8. The number of nitrogens with one attached hydrogen (secondary N) is 4. The van der Waals surface area contributed by atoms with Gasteiger partial charge in [0.1, 0.15) is 0 Å². The van der Waals surface area contributed by atoms with Crippen LogP contribution in [0.15, 0.2) is 36.4 Å². The van der Waals surface area contributed by atoms with E-state index in [-0.39, 0.29) is 65.8 Å². The molecule has 14 heteroatoms. The quantitative estimate of drug-likeness (QED) is 0.0884. The third kappa shape index (κ3) is 10.3. The summed E-state index contributed by atoms with van der Waals surface area (Å²) in [5.41, 5.74) is 23.8. The van der Waals surface area contributed by atoms with E-state index in [0.29, 0.717) is 37.3 Å².